The zero-order chi connectivity index (χ0) is 9.68. The Kier molecular flexibility index (Phi) is 4.74. The summed E-state index contributed by atoms with van der Waals surface area (Å²) in [6, 6.07) is 0. The highest BCUT2D eigenvalue weighted by Crippen LogP contribution is 2.25. The van der Waals surface area contributed by atoms with E-state index >= 15 is 0 Å². The maximum absolute atomic E-state index is 9.75. The van der Waals surface area contributed by atoms with Crippen LogP contribution in [-0.2, 0) is 4.74 Å². The summed E-state index contributed by atoms with van der Waals surface area (Å²) in [6.45, 7) is 4.18. The van der Waals surface area contributed by atoms with Gasteiger partial charge in [0.05, 0.1) is 18.3 Å². The zero-order valence-electron chi connectivity index (χ0n) is 8.83. The van der Waals surface area contributed by atoms with Gasteiger partial charge < -0.3 is 9.84 Å². The molecule has 1 aliphatic carbocycles. The Balaban J connectivity index is 2.23. The van der Waals surface area contributed by atoms with Gasteiger partial charge in [0, 0.05) is 0 Å². The predicted octanol–water partition coefficient (Wildman–Crippen LogP) is 2.50. The van der Waals surface area contributed by atoms with Crippen LogP contribution >= 0.6 is 0 Å². The molecule has 0 amide bonds. The molecule has 2 atom stereocenters. The molecule has 0 bridgehead atoms. The van der Waals surface area contributed by atoms with Crippen molar-refractivity contribution in [3.05, 3.63) is 0 Å². The van der Waals surface area contributed by atoms with Crippen molar-refractivity contribution in [3.63, 3.8) is 0 Å². The van der Waals surface area contributed by atoms with Crippen molar-refractivity contribution in [3.8, 4) is 0 Å². The second-order valence-electron chi connectivity index (χ2n) is 3.99. The molecule has 1 N–H and O–H groups in total. The van der Waals surface area contributed by atoms with Gasteiger partial charge in [-0.15, -0.1) is 0 Å². The average molecular weight is 186 g/mol. The molecule has 2 nitrogen and oxygen atoms in total. The molecular weight excluding hydrogens is 164 g/mol. The summed E-state index contributed by atoms with van der Waals surface area (Å²) in [5.74, 6) is 0. The third-order valence-corrected chi connectivity index (χ3v) is 2.84. The lowest BCUT2D eigenvalue weighted by Crippen LogP contribution is -2.35. The summed E-state index contributed by atoms with van der Waals surface area (Å²) >= 11 is 0. The molecule has 0 aromatic carbocycles. The average Bonchev–Trinajstić information content (AvgIpc) is 2.03. The largest absolute Gasteiger partial charge is 0.390 e. The van der Waals surface area contributed by atoms with Gasteiger partial charge in [0.15, 0.2) is 0 Å². The molecule has 1 saturated carbocycles. The fraction of sp³-hybridized carbons (Fsp3) is 1.00. The number of aliphatic hydroxyl groups is 1. The molecular formula is C11H22O2. The van der Waals surface area contributed by atoms with E-state index in [9.17, 15) is 5.11 Å². The van der Waals surface area contributed by atoms with Crippen LogP contribution < -0.4 is 0 Å². The number of hydrogen-bond donors (Lipinski definition) is 1. The van der Waals surface area contributed by atoms with Gasteiger partial charge in [0.1, 0.15) is 0 Å². The van der Waals surface area contributed by atoms with E-state index in [1.165, 1.54) is 19.3 Å². The summed E-state index contributed by atoms with van der Waals surface area (Å²) in [6.07, 6.45) is 6.77. The summed E-state index contributed by atoms with van der Waals surface area (Å²) in [5.41, 5.74) is 0. The number of rotatable bonds is 6. The highest BCUT2D eigenvalue weighted by Gasteiger charge is 2.25. The molecule has 1 aliphatic rings. The number of hydrogen-bond acceptors (Lipinski definition) is 2. The van der Waals surface area contributed by atoms with Crippen LogP contribution in [0.1, 0.15) is 52.4 Å². The van der Waals surface area contributed by atoms with Crippen LogP contribution in [0.2, 0.25) is 0 Å². The fourth-order valence-corrected chi connectivity index (χ4v) is 1.69. The molecule has 0 heterocycles. The Hall–Kier alpha value is -0.0800. The van der Waals surface area contributed by atoms with Gasteiger partial charge in [-0.1, -0.05) is 20.3 Å². The van der Waals surface area contributed by atoms with E-state index in [4.69, 9.17) is 4.74 Å². The van der Waals surface area contributed by atoms with Gasteiger partial charge in [-0.25, -0.2) is 0 Å². The molecule has 13 heavy (non-hydrogen) atoms. The first kappa shape index (κ1) is 11.0. The van der Waals surface area contributed by atoms with Crippen molar-refractivity contribution in [2.24, 2.45) is 0 Å². The van der Waals surface area contributed by atoms with E-state index in [-0.39, 0.29) is 12.2 Å². The van der Waals surface area contributed by atoms with E-state index in [0.717, 1.165) is 19.3 Å². The molecule has 1 fully saturated rings. The molecule has 1 rings (SSSR count). The molecule has 78 valence electrons. The first-order chi connectivity index (χ1) is 6.27. The summed E-state index contributed by atoms with van der Waals surface area (Å²) in [4.78, 5) is 0. The Labute approximate surface area is 81.3 Å². The van der Waals surface area contributed by atoms with Crippen molar-refractivity contribution >= 4 is 0 Å². The molecule has 0 spiro atoms. The van der Waals surface area contributed by atoms with E-state index < -0.39 is 0 Å². The van der Waals surface area contributed by atoms with E-state index in [2.05, 4.69) is 13.8 Å². The number of aliphatic hydroxyl groups excluding tert-OH is 1. The monoisotopic (exact) mass is 186 g/mol. The van der Waals surface area contributed by atoms with Crippen LogP contribution in [-0.4, -0.2) is 23.4 Å². The Morgan fingerprint density at radius 2 is 2.08 bits per heavy atom. The standard InChI is InChI=1S/C11H22O2/c1-3-6-10(12)11(4-2)13-9-7-5-8-9/h9-12H,3-8H2,1-2H3. The van der Waals surface area contributed by atoms with Crippen molar-refractivity contribution < 1.29 is 9.84 Å². The minimum Gasteiger partial charge on any atom is -0.390 e. The van der Waals surface area contributed by atoms with Gasteiger partial charge in [0.25, 0.3) is 0 Å². The molecule has 0 radical (unpaired) electrons. The summed E-state index contributed by atoms with van der Waals surface area (Å²) in [7, 11) is 0. The van der Waals surface area contributed by atoms with Crippen LogP contribution in [0.3, 0.4) is 0 Å². The Bertz CT molecular complexity index is 132. The van der Waals surface area contributed by atoms with Gasteiger partial charge in [0.2, 0.25) is 0 Å². The maximum atomic E-state index is 9.75. The highest BCUT2D eigenvalue weighted by atomic mass is 16.5. The molecule has 2 heteroatoms. The van der Waals surface area contributed by atoms with Gasteiger partial charge in [-0.3, -0.25) is 0 Å². The van der Waals surface area contributed by atoms with Crippen LogP contribution in [0.25, 0.3) is 0 Å². The van der Waals surface area contributed by atoms with Crippen molar-refractivity contribution in [1.29, 1.82) is 0 Å². The van der Waals surface area contributed by atoms with Crippen molar-refractivity contribution in [1.82, 2.24) is 0 Å². The first-order valence-corrected chi connectivity index (χ1v) is 5.61. The molecule has 0 saturated heterocycles. The van der Waals surface area contributed by atoms with E-state index in [1.54, 1.807) is 0 Å². The van der Waals surface area contributed by atoms with Crippen molar-refractivity contribution in [2.45, 2.75) is 70.7 Å². The molecule has 0 aliphatic heterocycles. The second kappa shape index (κ2) is 5.61. The third kappa shape index (κ3) is 3.28. The molecule has 0 aromatic heterocycles. The minimum atomic E-state index is -0.254. The summed E-state index contributed by atoms with van der Waals surface area (Å²) in [5, 5.41) is 9.75. The lowest BCUT2D eigenvalue weighted by molar-refractivity contribution is -0.104. The molecule has 0 aromatic rings. The molecule has 2 unspecified atom stereocenters. The van der Waals surface area contributed by atoms with Crippen LogP contribution in [0.15, 0.2) is 0 Å². The minimum absolute atomic E-state index is 0.0743. The summed E-state index contributed by atoms with van der Waals surface area (Å²) < 4.78 is 5.80. The fourth-order valence-electron chi connectivity index (χ4n) is 1.69. The number of ether oxygens (including phenoxy) is 1. The van der Waals surface area contributed by atoms with Crippen molar-refractivity contribution in [2.75, 3.05) is 0 Å². The maximum Gasteiger partial charge on any atom is 0.0835 e. The SMILES string of the molecule is CCCC(O)C(CC)OC1CCC1. The third-order valence-electron chi connectivity index (χ3n) is 2.84. The normalized spacial score (nSPS) is 22.4. The Morgan fingerprint density at radius 3 is 2.46 bits per heavy atom. The van der Waals surface area contributed by atoms with Crippen LogP contribution in [0.4, 0.5) is 0 Å². The smallest absolute Gasteiger partial charge is 0.0835 e. The Morgan fingerprint density at radius 1 is 1.38 bits per heavy atom. The van der Waals surface area contributed by atoms with Crippen LogP contribution in [0.5, 0.6) is 0 Å². The first-order valence-electron chi connectivity index (χ1n) is 5.61. The topological polar surface area (TPSA) is 29.5 Å². The van der Waals surface area contributed by atoms with Gasteiger partial charge >= 0.3 is 0 Å². The predicted molar refractivity (Wildman–Crippen MR) is 53.7 cm³/mol. The lowest BCUT2D eigenvalue weighted by Gasteiger charge is -2.32. The van der Waals surface area contributed by atoms with Crippen LogP contribution in [0, 0.1) is 0 Å². The lowest BCUT2D eigenvalue weighted by atomic mass is 9.95. The quantitative estimate of drug-likeness (QED) is 0.690. The highest BCUT2D eigenvalue weighted by molar-refractivity contribution is 4.75. The van der Waals surface area contributed by atoms with Gasteiger partial charge in [-0.2, -0.15) is 0 Å². The van der Waals surface area contributed by atoms with E-state index in [1.807, 2.05) is 0 Å². The zero-order valence-corrected chi connectivity index (χ0v) is 8.83. The van der Waals surface area contributed by atoms with Gasteiger partial charge in [-0.05, 0) is 32.1 Å². The second-order valence-corrected chi connectivity index (χ2v) is 3.99. The van der Waals surface area contributed by atoms with E-state index in [0.29, 0.717) is 6.10 Å².